The van der Waals surface area contributed by atoms with E-state index in [0.717, 1.165) is 28.1 Å². The molecular formula is C19H19F2N3O. The van der Waals surface area contributed by atoms with Crippen LogP contribution in [0.25, 0.3) is 11.5 Å². The summed E-state index contributed by atoms with van der Waals surface area (Å²) in [5.74, 6) is 0.566. The summed E-state index contributed by atoms with van der Waals surface area (Å²) in [6.07, 6.45) is 0.539. The second-order valence-electron chi connectivity index (χ2n) is 6.01. The molecule has 0 saturated heterocycles. The number of aromatic nitrogens is 2. The molecular weight excluding hydrogens is 324 g/mol. The fraction of sp³-hybridized carbons (Fsp3) is 0.263. The molecule has 0 aliphatic carbocycles. The van der Waals surface area contributed by atoms with Crippen LogP contribution in [-0.2, 0) is 0 Å². The van der Waals surface area contributed by atoms with Crippen molar-refractivity contribution in [3.8, 4) is 11.5 Å². The van der Waals surface area contributed by atoms with Crippen molar-refractivity contribution in [1.82, 2.24) is 9.97 Å². The first-order valence-electron chi connectivity index (χ1n) is 7.97. The highest BCUT2D eigenvalue weighted by atomic mass is 19.3. The number of nitrogens with one attached hydrogen (secondary N) is 1. The second-order valence-corrected chi connectivity index (χ2v) is 6.01. The average molecular weight is 343 g/mol. The maximum Gasteiger partial charge on any atom is 0.280 e. The average Bonchev–Trinajstić information content (AvgIpc) is 3.03. The number of anilines is 1. The zero-order valence-electron chi connectivity index (χ0n) is 14.3. The van der Waals surface area contributed by atoms with E-state index in [2.05, 4.69) is 15.3 Å². The lowest BCUT2D eigenvalue weighted by Gasteiger charge is -2.18. The fourth-order valence-corrected chi connectivity index (χ4v) is 2.52. The van der Waals surface area contributed by atoms with Crippen molar-refractivity contribution in [2.45, 2.75) is 33.2 Å². The summed E-state index contributed by atoms with van der Waals surface area (Å²) < 4.78 is 30.7. The van der Waals surface area contributed by atoms with Gasteiger partial charge in [0.15, 0.2) is 0 Å². The van der Waals surface area contributed by atoms with E-state index in [1.54, 1.807) is 12.3 Å². The molecule has 1 N–H and O–H groups in total. The highest BCUT2D eigenvalue weighted by Crippen LogP contribution is 2.28. The summed E-state index contributed by atoms with van der Waals surface area (Å²) in [6.45, 7) is 5.83. The van der Waals surface area contributed by atoms with Crippen molar-refractivity contribution in [2.75, 3.05) is 5.32 Å². The smallest absolute Gasteiger partial charge is 0.280 e. The summed E-state index contributed by atoms with van der Waals surface area (Å²) in [6, 6.07) is 8.86. The lowest BCUT2D eigenvalue weighted by molar-refractivity contribution is 0.146. The number of benzene rings is 1. The lowest BCUT2D eigenvalue weighted by atomic mass is 10.1. The minimum atomic E-state index is -2.56. The summed E-state index contributed by atoms with van der Waals surface area (Å²) in [4.78, 5) is 8.16. The third kappa shape index (κ3) is 3.84. The second kappa shape index (κ2) is 7.01. The highest BCUT2D eigenvalue weighted by Gasteiger charge is 2.13. The van der Waals surface area contributed by atoms with Crippen LogP contribution < -0.4 is 5.32 Å². The molecule has 1 unspecified atom stereocenters. The Hall–Kier alpha value is -2.76. The number of halogens is 2. The molecule has 0 bridgehead atoms. The number of rotatable bonds is 5. The van der Waals surface area contributed by atoms with Crippen molar-refractivity contribution in [1.29, 1.82) is 0 Å². The highest BCUT2D eigenvalue weighted by molar-refractivity contribution is 5.65. The van der Waals surface area contributed by atoms with Gasteiger partial charge in [-0.05, 0) is 50.1 Å². The van der Waals surface area contributed by atoms with Crippen molar-refractivity contribution in [3.63, 3.8) is 0 Å². The van der Waals surface area contributed by atoms with Crippen molar-refractivity contribution < 1.29 is 13.2 Å². The van der Waals surface area contributed by atoms with Gasteiger partial charge < -0.3 is 9.73 Å². The molecule has 6 heteroatoms. The third-order valence-electron chi connectivity index (χ3n) is 4.01. The Kier molecular flexibility index (Phi) is 4.79. The molecule has 4 nitrogen and oxygen atoms in total. The van der Waals surface area contributed by atoms with Crippen LogP contribution in [0.3, 0.4) is 0 Å². The van der Waals surface area contributed by atoms with Crippen LogP contribution in [0.1, 0.15) is 41.9 Å². The fourth-order valence-electron chi connectivity index (χ4n) is 2.52. The first kappa shape index (κ1) is 17.1. The number of aryl methyl sites for hydroxylation is 2. The molecule has 0 aliphatic heterocycles. The van der Waals surface area contributed by atoms with Crippen molar-refractivity contribution >= 4 is 5.69 Å². The van der Waals surface area contributed by atoms with Crippen LogP contribution in [0.5, 0.6) is 0 Å². The number of alkyl halides is 2. The molecule has 0 fully saturated rings. The molecule has 0 amide bonds. The van der Waals surface area contributed by atoms with Crippen LogP contribution in [0.15, 0.2) is 47.2 Å². The molecule has 0 radical (unpaired) electrons. The first-order valence-corrected chi connectivity index (χ1v) is 7.97. The van der Waals surface area contributed by atoms with Crippen molar-refractivity contribution in [3.05, 3.63) is 65.3 Å². The number of hydrogen-bond acceptors (Lipinski definition) is 4. The van der Waals surface area contributed by atoms with Gasteiger partial charge in [0.05, 0.1) is 11.7 Å². The molecule has 0 spiro atoms. The molecule has 3 aromatic rings. The van der Waals surface area contributed by atoms with E-state index in [9.17, 15) is 8.78 Å². The monoisotopic (exact) mass is 343 g/mol. The summed E-state index contributed by atoms with van der Waals surface area (Å²) >= 11 is 0. The Morgan fingerprint density at radius 2 is 1.92 bits per heavy atom. The van der Waals surface area contributed by atoms with Gasteiger partial charge in [-0.3, -0.25) is 4.98 Å². The summed E-state index contributed by atoms with van der Waals surface area (Å²) in [5, 5.41) is 3.40. The molecule has 1 aromatic carbocycles. The van der Waals surface area contributed by atoms with Gasteiger partial charge in [0.1, 0.15) is 12.0 Å². The lowest BCUT2D eigenvalue weighted by Crippen LogP contribution is -2.08. The van der Waals surface area contributed by atoms with Crippen molar-refractivity contribution in [2.24, 2.45) is 0 Å². The molecule has 25 heavy (non-hydrogen) atoms. The first-order chi connectivity index (χ1) is 11.9. The summed E-state index contributed by atoms with van der Waals surface area (Å²) in [7, 11) is 0. The Bertz CT molecular complexity index is 859. The van der Waals surface area contributed by atoms with Gasteiger partial charge in [0.2, 0.25) is 5.89 Å². The van der Waals surface area contributed by atoms with Gasteiger partial charge in [0.25, 0.3) is 6.43 Å². The molecule has 2 heterocycles. The predicted molar refractivity (Wildman–Crippen MR) is 92.6 cm³/mol. The van der Waals surface area contributed by atoms with E-state index >= 15 is 0 Å². The summed E-state index contributed by atoms with van der Waals surface area (Å²) in [5.41, 5.74) is 4.31. The molecule has 2 aromatic heterocycles. The van der Waals surface area contributed by atoms with E-state index in [-0.39, 0.29) is 11.7 Å². The van der Waals surface area contributed by atoms with Gasteiger partial charge in [-0.15, -0.1) is 0 Å². The maximum absolute atomic E-state index is 12.6. The molecule has 3 rings (SSSR count). The topological polar surface area (TPSA) is 51.0 Å². The van der Waals surface area contributed by atoms with E-state index in [1.165, 1.54) is 12.3 Å². The van der Waals surface area contributed by atoms with Crippen LogP contribution in [0.2, 0.25) is 0 Å². The predicted octanol–water partition coefficient (Wildman–Crippen LogP) is 5.46. The quantitative estimate of drug-likeness (QED) is 0.668. The Morgan fingerprint density at radius 1 is 1.12 bits per heavy atom. The van der Waals surface area contributed by atoms with Crippen LogP contribution in [0, 0.1) is 13.8 Å². The van der Waals surface area contributed by atoms with Gasteiger partial charge in [-0.1, -0.05) is 12.1 Å². The standard InChI is InChI=1S/C19H19F2N3O/c1-11-4-5-14(19-23-12(2)10-25-19)8-17(11)24-13(3)15-6-7-16(18(20)21)22-9-15/h4-10,13,18,24H,1-3H3. The minimum absolute atomic E-state index is 0.0838. The van der Waals surface area contributed by atoms with Gasteiger partial charge in [-0.2, -0.15) is 0 Å². The normalized spacial score (nSPS) is 12.4. The Balaban J connectivity index is 1.81. The van der Waals surface area contributed by atoms with Gasteiger partial charge in [0, 0.05) is 17.4 Å². The molecule has 0 aliphatic rings. The SMILES string of the molecule is Cc1coc(-c2ccc(C)c(NC(C)c3ccc(C(F)F)nc3)c2)n1. The molecule has 130 valence electrons. The Labute approximate surface area is 144 Å². The maximum atomic E-state index is 12.6. The van der Waals surface area contributed by atoms with Crippen LogP contribution >= 0.6 is 0 Å². The van der Waals surface area contributed by atoms with E-state index < -0.39 is 6.43 Å². The molecule has 0 saturated carbocycles. The third-order valence-corrected chi connectivity index (χ3v) is 4.01. The number of oxazole rings is 1. The Morgan fingerprint density at radius 3 is 2.52 bits per heavy atom. The number of nitrogens with zero attached hydrogens (tertiary/aromatic N) is 2. The largest absolute Gasteiger partial charge is 0.444 e. The van der Waals surface area contributed by atoms with Gasteiger partial charge in [-0.25, -0.2) is 13.8 Å². The number of pyridine rings is 1. The van der Waals surface area contributed by atoms with Crippen LogP contribution in [-0.4, -0.2) is 9.97 Å². The zero-order chi connectivity index (χ0) is 18.0. The minimum Gasteiger partial charge on any atom is -0.444 e. The molecule has 1 atom stereocenters. The van der Waals surface area contributed by atoms with E-state index in [1.807, 2.05) is 39.0 Å². The zero-order valence-corrected chi connectivity index (χ0v) is 14.3. The van der Waals surface area contributed by atoms with Crippen LogP contribution in [0.4, 0.5) is 14.5 Å². The van der Waals surface area contributed by atoms with E-state index in [0.29, 0.717) is 5.89 Å². The number of hydrogen-bond donors (Lipinski definition) is 1. The van der Waals surface area contributed by atoms with E-state index in [4.69, 9.17) is 4.42 Å². The van der Waals surface area contributed by atoms with Gasteiger partial charge >= 0.3 is 0 Å².